The van der Waals surface area contributed by atoms with E-state index in [4.69, 9.17) is 10.5 Å². The van der Waals surface area contributed by atoms with Gasteiger partial charge in [-0.2, -0.15) is 0 Å². The van der Waals surface area contributed by atoms with Crippen molar-refractivity contribution in [1.82, 2.24) is 5.32 Å². The average molecular weight is 250 g/mol. The third-order valence-corrected chi connectivity index (χ3v) is 3.12. The van der Waals surface area contributed by atoms with Gasteiger partial charge in [-0.25, -0.2) is 0 Å². The van der Waals surface area contributed by atoms with E-state index in [1.165, 1.54) is 18.9 Å². The number of phenols is 1. The summed E-state index contributed by atoms with van der Waals surface area (Å²) in [5.74, 6) is 0.143. The number of nitrogens with two attached hydrogens (primary N) is 1. The standard InChI is InChI=1S/C13H18N2O3/c14-13-10(16)6-3-7-11(13)18-8-12(17)15-9-4-1-2-5-9/h3,6-7,9,16H,1-2,4-5,8,14H2,(H,15,17). The molecule has 2 rings (SSSR count). The Morgan fingerprint density at radius 2 is 2.17 bits per heavy atom. The van der Waals surface area contributed by atoms with Crippen molar-refractivity contribution in [2.75, 3.05) is 12.3 Å². The Morgan fingerprint density at radius 3 is 2.89 bits per heavy atom. The number of rotatable bonds is 4. The molecule has 0 radical (unpaired) electrons. The van der Waals surface area contributed by atoms with E-state index in [1.54, 1.807) is 12.1 Å². The molecule has 4 N–H and O–H groups in total. The zero-order valence-electron chi connectivity index (χ0n) is 10.2. The number of nitrogen functional groups attached to an aromatic ring is 1. The van der Waals surface area contributed by atoms with Crippen LogP contribution in [0.3, 0.4) is 0 Å². The summed E-state index contributed by atoms with van der Waals surface area (Å²) in [6.45, 7) is -0.0792. The van der Waals surface area contributed by atoms with Crippen LogP contribution in [0.15, 0.2) is 18.2 Å². The van der Waals surface area contributed by atoms with Crippen LogP contribution in [0, 0.1) is 0 Å². The summed E-state index contributed by atoms with van der Waals surface area (Å²) in [6, 6.07) is 5.00. The molecule has 0 atom stereocenters. The van der Waals surface area contributed by atoms with Gasteiger partial charge < -0.3 is 20.9 Å². The van der Waals surface area contributed by atoms with E-state index >= 15 is 0 Å². The second kappa shape index (κ2) is 5.62. The fourth-order valence-corrected chi connectivity index (χ4v) is 2.14. The number of aromatic hydroxyl groups is 1. The molecule has 0 bridgehead atoms. The van der Waals surface area contributed by atoms with Gasteiger partial charge in [0, 0.05) is 6.04 Å². The molecule has 0 aliphatic heterocycles. The second-order valence-electron chi connectivity index (χ2n) is 4.53. The van der Waals surface area contributed by atoms with Crippen LogP contribution in [0.4, 0.5) is 5.69 Å². The van der Waals surface area contributed by atoms with Gasteiger partial charge in [0.15, 0.2) is 6.61 Å². The van der Waals surface area contributed by atoms with Gasteiger partial charge in [-0.05, 0) is 25.0 Å². The molecule has 1 aliphatic rings. The molecular weight excluding hydrogens is 232 g/mol. The van der Waals surface area contributed by atoms with Gasteiger partial charge in [-0.1, -0.05) is 18.9 Å². The maximum atomic E-state index is 11.6. The van der Waals surface area contributed by atoms with Crippen molar-refractivity contribution in [2.45, 2.75) is 31.7 Å². The van der Waals surface area contributed by atoms with Crippen molar-refractivity contribution >= 4 is 11.6 Å². The summed E-state index contributed by atoms with van der Waals surface area (Å²) in [5.41, 5.74) is 5.78. The highest BCUT2D eigenvalue weighted by Gasteiger charge is 2.17. The molecule has 0 unspecified atom stereocenters. The van der Waals surface area contributed by atoms with E-state index < -0.39 is 0 Å². The third-order valence-electron chi connectivity index (χ3n) is 3.12. The lowest BCUT2D eigenvalue weighted by Gasteiger charge is -2.13. The van der Waals surface area contributed by atoms with E-state index in [0.29, 0.717) is 5.75 Å². The van der Waals surface area contributed by atoms with Gasteiger partial charge in [0.1, 0.15) is 17.2 Å². The lowest BCUT2D eigenvalue weighted by molar-refractivity contribution is -0.123. The fraction of sp³-hybridized carbons (Fsp3) is 0.462. The van der Waals surface area contributed by atoms with Crippen LogP contribution in [0.1, 0.15) is 25.7 Å². The average Bonchev–Trinajstić information content (AvgIpc) is 2.84. The highest BCUT2D eigenvalue weighted by Crippen LogP contribution is 2.29. The highest BCUT2D eigenvalue weighted by molar-refractivity contribution is 5.78. The van der Waals surface area contributed by atoms with Crippen LogP contribution in [0.2, 0.25) is 0 Å². The van der Waals surface area contributed by atoms with Crippen LogP contribution in [-0.2, 0) is 4.79 Å². The van der Waals surface area contributed by atoms with Gasteiger partial charge >= 0.3 is 0 Å². The Kier molecular flexibility index (Phi) is 3.92. The van der Waals surface area contributed by atoms with E-state index in [0.717, 1.165) is 12.8 Å². The Hall–Kier alpha value is -1.91. The number of benzene rings is 1. The lowest BCUT2D eigenvalue weighted by atomic mass is 10.2. The SMILES string of the molecule is Nc1c(O)cccc1OCC(=O)NC1CCCC1. The third kappa shape index (κ3) is 3.06. The molecule has 1 aromatic rings. The first-order valence-electron chi connectivity index (χ1n) is 6.16. The van der Waals surface area contributed by atoms with Gasteiger partial charge in [0.05, 0.1) is 0 Å². The van der Waals surface area contributed by atoms with Crippen molar-refractivity contribution < 1.29 is 14.6 Å². The van der Waals surface area contributed by atoms with Crippen LogP contribution >= 0.6 is 0 Å². The second-order valence-corrected chi connectivity index (χ2v) is 4.53. The molecule has 0 spiro atoms. The molecule has 18 heavy (non-hydrogen) atoms. The summed E-state index contributed by atoms with van der Waals surface area (Å²) in [7, 11) is 0. The molecule has 1 fully saturated rings. The molecule has 0 aromatic heterocycles. The summed E-state index contributed by atoms with van der Waals surface area (Å²) < 4.78 is 5.29. The summed E-state index contributed by atoms with van der Waals surface area (Å²) in [5, 5.41) is 12.3. The number of carbonyl (C=O) groups is 1. The molecule has 1 aromatic carbocycles. The smallest absolute Gasteiger partial charge is 0.258 e. The minimum absolute atomic E-state index is 0.0382. The minimum atomic E-state index is -0.148. The summed E-state index contributed by atoms with van der Waals surface area (Å²) >= 11 is 0. The quantitative estimate of drug-likeness (QED) is 0.557. The van der Waals surface area contributed by atoms with Crippen molar-refractivity contribution in [3.8, 4) is 11.5 Å². The Morgan fingerprint density at radius 1 is 1.44 bits per heavy atom. The number of carbonyl (C=O) groups excluding carboxylic acids is 1. The normalized spacial score (nSPS) is 15.6. The van der Waals surface area contributed by atoms with Gasteiger partial charge in [-0.3, -0.25) is 4.79 Å². The Bertz CT molecular complexity index is 428. The zero-order chi connectivity index (χ0) is 13.0. The maximum Gasteiger partial charge on any atom is 0.258 e. The van der Waals surface area contributed by atoms with E-state index in [-0.39, 0.29) is 30.0 Å². The van der Waals surface area contributed by atoms with Crippen LogP contribution in [0.25, 0.3) is 0 Å². The molecule has 98 valence electrons. The van der Waals surface area contributed by atoms with Gasteiger partial charge in [-0.15, -0.1) is 0 Å². The van der Waals surface area contributed by atoms with Gasteiger partial charge in [0.2, 0.25) is 0 Å². The predicted octanol–water partition coefficient (Wildman–Crippen LogP) is 1.41. The van der Waals surface area contributed by atoms with E-state index in [2.05, 4.69) is 5.32 Å². The Labute approximate surface area is 106 Å². The number of amides is 1. The van der Waals surface area contributed by atoms with Crippen LogP contribution < -0.4 is 15.8 Å². The fourth-order valence-electron chi connectivity index (χ4n) is 2.14. The number of hydrogen-bond acceptors (Lipinski definition) is 4. The van der Waals surface area contributed by atoms with Gasteiger partial charge in [0.25, 0.3) is 5.91 Å². The van der Waals surface area contributed by atoms with E-state index in [9.17, 15) is 9.90 Å². The maximum absolute atomic E-state index is 11.6. The van der Waals surface area contributed by atoms with Crippen LogP contribution in [-0.4, -0.2) is 23.7 Å². The number of nitrogens with one attached hydrogen (secondary N) is 1. The molecule has 1 amide bonds. The number of hydrogen-bond donors (Lipinski definition) is 3. The first-order valence-corrected chi connectivity index (χ1v) is 6.16. The van der Waals surface area contributed by atoms with Crippen molar-refractivity contribution in [3.05, 3.63) is 18.2 Å². The molecule has 1 saturated carbocycles. The molecule has 0 saturated heterocycles. The van der Waals surface area contributed by atoms with Crippen molar-refractivity contribution in [3.63, 3.8) is 0 Å². The topological polar surface area (TPSA) is 84.6 Å². The largest absolute Gasteiger partial charge is 0.506 e. The monoisotopic (exact) mass is 250 g/mol. The van der Waals surface area contributed by atoms with Crippen molar-refractivity contribution in [1.29, 1.82) is 0 Å². The molecule has 1 aliphatic carbocycles. The highest BCUT2D eigenvalue weighted by atomic mass is 16.5. The number of ether oxygens (including phenoxy) is 1. The molecule has 5 heteroatoms. The number of para-hydroxylation sites is 1. The molecule has 0 heterocycles. The lowest BCUT2D eigenvalue weighted by Crippen LogP contribution is -2.36. The molecular formula is C13H18N2O3. The summed E-state index contributed by atoms with van der Waals surface area (Å²) in [4.78, 5) is 11.6. The van der Waals surface area contributed by atoms with Crippen LogP contribution in [0.5, 0.6) is 11.5 Å². The number of phenolic OH excluding ortho intramolecular Hbond substituents is 1. The number of anilines is 1. The minimum Gasteiger partial charge on any atom is -0.506 e. The van der Waals surface area contributed by atoms with Crippen molar-refractivity contribution in [2.24, 2.45) is 0 Å². The zero-order valence-corrected chi connectivity index (χ0v) is 10.2. The first-order chi connectivity index (χ1) is 8.66. The molecule has 5 nitrogen and oxygen atoms in total. The first kappa shape index (κ1) is 12.5. The Balaban J connectivity index is 1.83. The summed E-state index contributed by atoms with van der Waals surface area (Å²) in [6.07, 6.45) is 4.43. The predicted molar refractivity (Wildman–Crippen MR) is 68.4 cm³/mol. The van der Waals surface area contributed by atoms with E-state index in [1.807, 2.05) is 0 Å².